The summed E-state index contributed by atoms with van der Waals surface area (Å²) in [5.41, 5.74) is 0.260. The number of aryl methyl sites for hydroxylation is 1. The van der Waals surface area contributed by atoms with Gasteiger partial charge in [-0.1, -0.05) is 32.6 Å². The number of aromatic hydroxyl groups is 1. The fourth-order valence-corrected chi connectivity index (χ4v) is 2.14. The second-order valence-corrected chi connectivity index (χ2v) is 5.02. The molecule has 0 fully saturated rings. The van der Waals surface area contributed by atoms with Crippen LogP contribution in [0.2, 0.25) is 0 Å². The lowest BCUT2D eigenvalue weighted by molar-refractivity contribution is -0.385. The van der Waals surface area contributed by atoms with Crippen LogP contribution in [-0.2, 0) is 0 Å². The number of carbonyl (C=O) groups excluding carboxylic acids is 1. The zero-order chi connectivity index (χ0) is 15.1. The lowest BCUT2D eigenvalue weighted by Gasteiger charge is -2.06. The van der Waals surface area contributed by atoms with E-state index in [1.54, 1.807) is 6.92 Å². The second-order valence-electron chi connectivity index (χ2n) is 5.02. The Kier molecular flexibility index (Phi) is 6.15. The summed E-state index contributed by atoms with van der Waals surface area (Å²) in [6, 6.07) is 2.78. The van der Waals surface area contributed by atoms with Gasteiger partial charge >= 0.3 is 5.69 Å². The van der Waals surface area contributed by atoms with Crippen LogP contribution in [0.5, 0.6) is 5.75 Å². The van der Waals surface area contributed by atoms with Crippen LogP contribution in [-0.4, -0.2) is 15.8 Å². The maximum atomic E-state index is 12.0. The molecule has 0 atom stereocenters. The number of nitro benzene ring substituents is 1. The molecular weight excluding hydrogens is 258 g/mol. The molecule has 1 aromatic carbocycles. The summed E-state index contributed by atoms with van der Waals surface area (Å²) in [7, 11) is 0. The van der Waals surface area contributed by atoms with Crippen LogP contribution in [0.15, 0.2) is 12.1 Å². The maximum absolute atomic E-state index is 12.0. The molecule has 0 bridgehead atoms. The van der Waals surface area contributed by atoms with Gasteiger partial charge in [-0.15, -0.1) is 0 Å². The number of hydrogen-bond acceptors (Lipinski definition) is 4. The van der Waals surface area contributed by atoms with Crippen molar-refractivity contribution in [3.63, 3.8) is 0 Å². The van der Waals surface area contributed by atoms with Crippen molar-refractivity contribution in [1.82, 2.24) is 0 Å². The van der Waals surface area contributed by atoms with Gasteiger partial charge in [0.05, 0.1) is 10.5 Å². The minimum atomic E-state index is -0.666. The summed E-state index contributed by atoms with van der Waals surface area (Å²) in [4.78, 5) is 22.2. The molecule has 0 aliphatic heterocycles. The number of nitrogens with zero attached hydrogens (tertiary/aromatic N) is 1. The number of nitro groups is 1. The molecule has 0 aromatic heterocycles. The molecule has 1 aromatic rings. The predicted molar refractivity (Wildman–Crippen MR) is 77.2 cm³/mol. The number of unbranched alkanes of at least 4 members (excludes halogenated alkanes) is 4. The summed E-state index contributed by atoms with van der Waals surface area (Å²) in [5.74, 6) is -0.745. The largest absolute Gasteiger partial charge is 0.502 e. The molecular formula is C15H21NO4. The van der Waals surface area contributed by atoms with Crippen molar-refractivity contribution in [1.29, 1.82) is 0 Å². The highest BCUT2D eigenvalue weighted by molar-refractivity contribution is 5.99. The van der Waals surface area contributed by atoms with E-state index < -0.39 is 16.4 Å². The molecule has 110 valence electrons. The van der Waals surface area contributed by atoms with Crippen molar-refractivity contribution in [3.05, 3.63) is 33.4 Å². The van der Waals surface area contributed by atoms with E-state index in [0.29, 0.717) is 12.0 Å². The van der Waals surface area contributed by atoms with Gasteiger partial charge in [-0.05, 0) is 25.0 Å². The fraction of sp³-hybridized carbons (Fsp3) is 0.533. The topological polar surface area (TPSA) is 80.4 Å². The van der Waals surface area contributed by atoms with Crippen LogP contribution in [0.4, 0.5) is 5.69 Å². The molecule has 1 N–H and O–H groups in total. The van der Waals surface area contributed by atoms with E-state index in [0.717, 1.165) is 32.1 Å². The molecule has 0 heterocycles. The third-order valence-corrected chi connectivity index (χ3v) is 3.24. The first-order valence-electron chi connectivity index (χ1n) is 6.98. The maximum Gasteiger partial charge on any atom is 0.311 e. The SMILES string of the molecule is CCCCCCCC(=O)c1cc(C)cc([N+](=O)[O-])c1O. The van der Waals surface area contributed by atoms with Gasteiger partial charge in [0.2, 0.25) is 5.75 Å². The lowest BCUT2D eigenvalue weighted by atomic mass is 10.0. The van der Waals surface area contributed by atoms with E-state index in [2.05, 4.69) is 6.92 Å². The standard InChI is InChI=1S/C15H21NO4/c1-3-4-5-6-7-8-14(17)12-9-11(2)10-13(15(12)18)16(19)20/h9-10,18H,3-8H2,1-2H3. The first kappa shape index (κ1) is 16.1. The van der Waals surface area contributed by atoms with Gasteiger partial charge in [0.1, 0.15) is 0 Å². The second kappa shape index (κ2) is 7.62. The Morgan fingerprint density at radius 2 is 1.90 bits per heavy atom. The monoisotopic (exact) mass is 279 g/mol. The van der Waals surface area contributed by atoms with Crippen LogP contribution < -0.4 is 0 Å². The third-order valence-electron chi connectivity index (χ3n) is 3.24. The van der Waals surface area contributed by atoms with Crippen LogP contribution in [0.25, 0.3) is 0 Å². The molecule has 0 spiro atoms. The van der Waals surface area contributed by atoms with E-state index in [1.165, 1.54) is 12.1 Å². The molecule has 5 heteroatoms. The van der Waals surface area contributed by atoms with Crippen molar-refractivity contribution in [2.24, 2.45) is 0 Å². The normalized spacial score (nSPS) is 10.5. The van der Waals surface area contributed by atoms with E-state index in [9.17, 15) is 20.0 Å². The average Bonchev–Trinajstić information content (AvgIpc) is 2.40. The number of carbonyl (C=O) groups is 1. The van der Waals surface area contributed by atoms with Crippen molar-refractivity contribution in [3.8, 4) is 5.75 Å². The zero-order valence-electron chi connectivity index (χ0n) is 12.0. The first-order chi connectivity index (χ1) is 9.47. The van der Waals surface area contributed by atoms with Crippen molar-refractivity contribution in [2.75, 3.05) is 0 Å². The van der Waals surface area contributed by atoms with Crippen molar-refractivity contribution in [2.45, 2.75) is 52.4 Å². The predicted octanol–water partition coefficient (Wildman–Crippen LogP) is 4.15. The minimum absolute atomic E-state index is 0.0622. The van der Waals surface area contributed by atoms with Crippen molar-refractivity contribution < 1.29 is 14.8 Å². The van der Waals surface area contributed by atoms with Crippen LogP contribution in [0, 0.1) is 17.0 Å². The van der Waals surface area contributed by atoms with Gasteiger partial charge in [0.25, 0.3) is 0 Å². The van der Waals surface area contributed by atoms with Crippen LogP contribution >= 0.6 is 0 Å². The van der Waals surface area contributed by atoms with Gasteiger partial charge in [-0.2, -0.15) is 0 Å². The number of ketones is 1. The Hall–Kier alpha value is -1.91. The first-order valence-corrected chi connectivity index (χ1v) is 6.98. The molecule has 0 unspecified atom stereocenters. The van der Waals surface area contributed by atoms with Gasteiger partial charge in [-0.25, -0.2) is 0 Å². The Labute approximate surface area is 118 Å². The van der Waals surface area contributed by atoms with Crippen LogP contribution in [0.1, 0.15) is 61.4 Å². The van der Waals surface area contributed by atoms with Gasteiger partial charge in [0.15, 0.2) is 5.78 Å². The van der Waals surface area contributed by atoms with Crippen molar-refractivity contribution >= 4 is 11.5 Å². The van der Waals surface area contributed by atoms with Gasteiger partial charge < -0.3 is 5.11 Å². The number of phenols is 1. The van der Waals surface area contributed by atoms with Gasteiger partial charge in [0, 0.05) is 12.5 Å². The highest BCUT2D eigenvalue weighted by atomic mass is 16.6. The number of Topliss-reactive ketones (excluding diaryl/α,β-unsaturated/α-hetero) is 1. The van der Waals surface area contributed by atoms with E-state index >= 15 is 0 Å². The Balaban J connectivity index is 2.75. The quantitative estimate of drug-likeness (QED) is 0.335. The van der Waals surface area contributed by atoms with Gasteiger partial charge in [-0.3, -0.25) is 14.9 Å². The molecule has 20 heavy (non-hydrogen) atoms. The minimum Gasteiger partial charge on any atom is -0.502 e. The molecule has 0 saturated carbocycles. The number of phenolic OH excluding ortho intramolecular Hbond substituents is 1. The highest BCUT2D eigenvalue weighted by Crippen LogP contribution is 2.32. The van der Waals surface area contributed by atoms with E-state index in [-0.39, 0.29) is 11.3 Å². The lowest BCUT2D eigenvalue weighted by Crippen LogP contribution is -2.02. The summed E-state index contributed by atoms with van der Waals surface area (Å²) in [6.07, 6.45) is 5.41. The fourth-order valence-electron chi connectivity index (χ4n) is 2.14. The number of rotatable bonds is 8. The number of hydrogen-bond donors (Lipinski definition) is 1. The molecule has 5 nitrogen and oxygen atoms in total. The zero-order valence-corrected chi connectivity index (χ0v) is 12.0. The smallest absolute Gasteiger partial charge is 0.311 e. The Morgan fingerprint density at radius 3 is 2.50 bits per heavy atom. The molecule has 0 aliphatic carbocycles. The molecule has 0 saturated heterocycles. The summed E-state index contributed by atoms with van der Waals surface area (Å²) >= 11 is 0. The summed E-state index contributed by atoms with van der Waals surface area (Å²) in [6.45, 7) is 3.79. The highest BCUT2D eigenvalue weighted by Gasteiger charge is 2.21. The Morgan fingerprint density at radius 1 is 1.25 bits per heavy atom. The average molecular weight is 279 g/mol. The third kappa shape index (κ3) is 4.33. The molecule has 0 aliphatic rings. The summed E-state index contributed by atoms with van der Waals surface area (Å²) in [5, 5.41) is 20.6. The molecule has 0 radical (unpaired) electrons. The van der Waals surface area contributed by atoms with E-state index in [1.807, 2.05) is 0 Å². The van der Waals surface area contributed by atoms with E-state index in [4.69, 9.17) is 0 Å². The molecule has 1 rings (SSSR count). The summed E-state index contributed by atoms with van der Waals surface area (Å²) < 4.78 is 0. The molecule has 0 amide bonds. The number of benzene rings is 1. The van der Waals surface area contributed by atoms with Crippen LogP contribution in [0.3, 0.4) is 0 Å². The Bertz CT molecular complexity index is 497.